The molecule has 3 aromatic rings. The van der Waals surface area contributed by atoms with E-state index in [0.29, 0.717) is 22.4 Å². The normalized spacial score (nSPS) is 10.6. The molecule has 0 fully saturated rings. The molecular formula is C25H23N3O4. The maximum absolute atomic E-state index is 12.2. The van der Waals surface area contributed by atoms with Crippen LogP contribution in [-0.2, 0) is 4.79 Å². The summed E-state index contributed by atoms with van der Waals surface area (Å²) in [6.07, 6.45) is 1.45. The second kappa shape index (κ2) is 10.7. The van der Waals surface area contributed by atoms with E-state index in [1.54, 1.807) is 54.6 Å². The van der Waals surface area contributed by atoms with Gasteiger partial charge in [-0.1, -0.05) is 35.4 Å². The van der Waals surface area contributed by atoms with E-state index in [9.17, 15) is 14.4 Å². The highest BCUT2D eigenvalue weighted by Crippen LogP contribution is 2.14. The van der Waals surface area contributed by atoms with Crippen molar-refractivity contribution in [2.24, 2.45) is 5.10 Å². The van der Waals surface area contributed by atoms with Gasteiger partial charge < -0.3 is 10.1 Å². The zero-order valence-corrected chi connectivity index (χ0v) is 17.8. The first-order chi connectivity index (χ1) is 15.4. The van der Waals surface area contributed by atoms with Crippen LogP contribution < -0.4 is 15.5 Å². The summed E-state index contributed by atoms with van der Waals surface area (Å²) in [7, 11) is 0. The van der Waals surface area contributed by atoms with E-state index in [2.05, 4.69) is 15.8 Å². The van der Waals surface area contributed by atoms with Crippen molar-refractivity contribution in [1.29, 1.82) is 0 Å². The van der Waals surface area contributed by atoms with Gasteiger partial charge in [0.25, 0.3) is 11.8 Å². The van der Waals surface area contributed by atoms with Crippen molar-refractivity contribution in [2.75, 3.05) is 6.54 Å². The zero-order valence-electron chi connectivity index (χ0n) is 17.8. The molecule has 32 heavy (non-hydrogen) atoms. The van der Waals surface area contributed by atoms with Crippen LogP contribution in [0.15, 0.2) is 77.9 Å². The van der Waals surface area contributed by atoms with Crippen molar-refractivity contribution in [1.82, 2.24) is 10.7 Å². The summed E-state index contributed by atoms with van der Waals surface area (Å²) in [5.41, 5.74) is 6.03. The fourth-order valence-corrected chi connectivity index (χ4v) is 2.75. The lowest BCUT2D eigenvalue weighted by Crippen LogP contribution is -2.34. The van der Waals surface area contributed by atoms with Gasteiger partial charge in [0.05, 0.1) is 18.3 Å². The molecule has 2 amide bonds. The highest BCUT2D eigenvalue weighted by molar-refractivity contribution is 5.96. The number of ether oxygens (including phenoxy) is 1. The van der Waals surface area contributed by atoms with Crippen LogP contribution in [-0.4, -0.2) is 30.5 Å². The second-order valence-corrected chi connectivity index (χ2v) is 7.17. The first-order valence-electron chi connectivity index (χ1n) is 9.96. The Kier molecular flexibility index (Phi) is 7.48. The van der Waals surface area contributed by atoms with Crippen LogP contribution in [0.1, 0.15) is 37.4 Å². The molecule has 0 heterocycles. The van der Waals surface area contributed by atoms with E-state index >= 15 is 0 Å². The average molecular weight is 429 g/mol. The van der Waals surface area contributed by atoms with Gasteiger partial charge in [0.15, 0.2) is 0 Å². The molecule has 0 atom stereocenters. The van der Waals surface area contributed by atoms with E-state index < -0.39 is 11.9 Å². The van der Waals surface area contributed by atoms with Crippen LogP contribution >= 0.6 is 0 Å². The Hall–Kier alpha value is -4.26. The number of hydrazone groups is 1. The Morgan fingerprint density at radius 3 is 2.28 bits per heavy atom. The number of aryl methyl sites for hydroxylation is 2. The molecule has 7 heteroatoms. The summed E-state index contributed by atoms with van der Waals surface area (Å²) in [5.74, 6) is -0.822. The van der Waals surface area contributed by atoms with E-state index in [1.807, 2.05) is 32.0 Å². The number of amides is 2. The number of carbonyl (C=O) groups excluding carboxylic acids is 3. The summed E-state index contributed by atoms with van der Waals surface area (Å²) in [6, 6.07) is 20.9. The van der Waals surface area contributed by atoms with Crippen molar-refractivity contribution >= 4 is 24.0 Å². The number of benzene rings is 3. The Bertz CT molecular complexity index is 1140. The van der Waals surface area contributed by atoms with Crippen LogP contribution in [0.25, 0.3) is 0 Å². The molecule has 2 N–H and O–H groups in total. The molecule has 0 aliphatic rings. The van der Waals surface area contributed by atoms with Crippen LogP contribution in [0.3, 0.4) is 0 Å². The molecule has 0 saturated heterocycles. The van der Waals surface area contributed by atoms with Gasteiger partial charge in [0, 0.05) is 5.56 Å². The lowest BCUT2D eigenvalue weighted by Gasteiger charge is -2.05. The van der Waals surface area contributed by atoms with Crippen molar-refractivity contribution in [3.8, 4) is 5.75 Å². The number of esters is 1. The first-order valence-corrected chi connectivity index (χ1v) is 9.96. The molecule has 0 spiro atoms. The smallest absolute Gasteiger partial charge is 0.343 e. The third-order valence-electron chi connectivity index (χ3n) is 4.47. The first kappa shape index (κ1) is 22.4. The van der Waals surface area contributed by atoms with E-state index in [-0.39, 0.29) is 12.5 Å². The largest absolute Gasteiger partial charge is 0.423 e. The molecule has 0 unspecified atom stereocenters. The second-order valence-electron chi connectivity index (χ2n) is 7.17. The lowest BCUT2D eigenvalue weighted by molar-refractivity contribution is -0.120. The van der Waals surface area contributed by atoms with Gasteiger partial charge in [0.2, 0.25) is 0 Å². The van der Waals surface area contributed by atoms with Crippen molar-refractivity contribution in [3.63, 3.8) is 0 Å². The summed E-state index contributed by atoms with van der Waals surface area (Å²) in [5, 5.41) is 6.40. The molecule has 0 bridgehead atoms. The Labute approximate surface area is 186 Å². The average Bonchev–Trinajstić information content (AvgIpc) is 2.79. The third kappa shape index (κ3) is 6.63. The number of nitrogens with zero attached hydrogens (tertiary/aromatic N) is 1. The molecular weight excluding hydrogens is 406 g/mol. The van der Waals surface area contributed by atoms with Gasteiger partial charge in [-0.3, -0.25) is 9.59 Å². The summed E-state index contributed by atoms with van der Waals surface area (Å²) in [6.45, 7) is 3.64. The SMILES string of the molecule is Cc1ccc(C(=O)NCC(=O)N/N=C\c2ccc(OC(=O)c3cccc(C)c3)cc2)cc1. The fourth-order valence-electron chi connectivity index (χ4n) is 2.75. The summed E-state index contributed by atoms with van der Waals surface area (Å²) in [4.78, 5) is 36.1. The molecule has 3 rings (SSSR count). The molecule has 0 aliphatic carbocycles. The van der Waals surface area contributed by atoms with E-state index in [1.165, 1.54) is 6.21 Å². The van der Waals surface area contributed by atoms with Crippen molar-refractivity contribution in [3.05, 3.63) is 101 Å². The van der Waals surface area contributed by atoms with Gasteiger partial charge >= 0.3 is 5.97 Å². The number of hydrogen-bond donors (Lipinski definition) is 2. The molecule has 162 valence electrons. The van der Waals surface area contributed by atoms with Crippen LogP contribution in [0, 0.1) is 13.8 Å². The Morgan fingerprint density at radius 2 is 1.59 bits per heavy atom. The van der Waals surface area contributed by atoms with E-state index in [0.717, 1.165) is 11.1 Å². The fraction of sp³-hybridized carbons (Fsp3) is 0.120. The maximum atomic E-state index is 12.2. The maximum Gasteiger partial charge on any atom is 0.343 e. The Balaban J connectivity index is 1.45. The molecule has 7 nitrogen and oxygen atoms in total. The van der Waals surface area contributed by atoms with Gasteiger partial charge in [-0.25, -0.2) is 10.2 Å². The van der Waals surface area contributed by atoms with Crippen LogP contribution in [0.2, 0.25) is 0 Å². The summed E-state index contributed by atoms with van der Waals surface area (Å²) < 4.78 is 5.36. The van der Waals surface area contributed by atoms with Crippen LogP contribution in [0.4, 0.5) is 0 Å². The molecule has 0 saturated carbocycles. The topological polar surface area (TPSA) is 96.9 Å². The van der Waals surface area contributed by atoms with Gasteiger partial charge in [-0.2, -0.15) is 5.10 Å². The molecule has 3 aromatic carbocycles. The highest BCUT2D eigenvalue weighted by atomic mass is 16.5. The van der Waals surface area contributed by atoms with Crippen LogP contribution in [0.5, 0.6) is 5.75 Å². The number of hydrogen-bond acceptors (Lipinski definition) is 5. The Morgan fingerprint density at radius 1 is 0.875 bits per heavy atom. The monoisotopic (exact) mass is 429 g/mol. The third-order valence-corrected chi connectivity index (χ3v) is 4.47. The predicted molar refractivity (Wildman–Crippen MR) is 122 cm³/mol. The molecule has 0 aliphatic heterocycles. The minimum atomic E-state index is -0.453. The van der Waals surface area contributed by atoms with Crippen molar-refractivity contribution in [2.45, 2.75) is 13.8 Å². The molecule has 0 radical (unpaired) electrons. The number of nitrogens with one attached hydrogen (secondary N) is 2. The van der Waals surface area contributed by atoms with Gasteiger partial charge in [0.1, 0.15) is 5.75 Å². The molecule has 0 aromatic heterocycles. The zero-order chi connectivity index (χ0) is 22.9. The number of rotatable bonds is 7. The number of carbonyl (C=O) groups is 3. The minimum absolute atomic E-state index is 0.197. The standard InChI is InChI=1S/C25H23N3O4/c1-17-6-10-20(11-7-17)24(30)26-16-23(29)28-27-15-19-8-12-22(13-9-19)32-25(31)21-5-3-4-18(2)14-21/h3-15H,16H2,1-2H3,(H,26,30)(H,28,29)/b27-15-. The minimum Gasteiger partial charge on any atom is -0.423 e. The van der Waals surface area contributed by atoms with E-state index in [4.69, 9.17) is 4.74 Å². The predicted octanol–water partition coefficient (Wildman–Crippen LogP) is 3.40. The van der Waals surface area contributed by atoms with Crippen molar-refractivity contribution < 1.29 is 19.1 Å². The lowest BCUT2D eigenvalue weighted by atomic mass is 10.1. The van der Waals surface area contributed by atoms with Gasteiger partial charge in [-0.05, 0) is 67.9 Å². The highest BCUT2D eigenvalue weighted by Gasteiger charge is 2.09. The van der Waals surface area contributed by atoms with Gasteiger partial charge in [-0.15, -0.1) is 0 Å². The quantitative estimate of drug-likeness (QED) is 0.260. The summed E-state index contributed by atoms with van der Waals surface area (Å²) >= 11 is 0.